The zero-order valence-electron chi connectivity index (χ0n) is 13.4. The van der Waals surface area contributed by atoms with Crippen molar-refractivity contribution in [3.63, 3.8) is 0 Å². The summed E-state index contributed by atoms with van der Waals surface area (Å²) in [6, 6.07) is 5.41. The molecule has 0 aliphatic carbocycles. The second-order valence-electron chi connectivity index (χ2n) is 5.05. The van der Waals surface area contributed by atoms with Gasteiger partial charge in [0.15, 0.2) is 0 Å². The molecule has 0 heterocycles. The Morgan fingerprint density at radius 2 is 1.88 bits per heavy atom. The Morgan fingerprint density at radius 3 is 2.38 bits per heavy atom. The van der Waals surface area contributed by atoms with Gasteiger partial charge in [0.05, 0.1) is 6.54 Å². The molecule has 1 aromatic rings. The van der Waals surface area contributed by atoms with E-state index < -0.39 is 18.6 Å². The molecule has 136 valence electrons. The highest BCUT2D eigenvalue weighted by Crippen LogP contribution is 2.14. The van der Waals surface area contributed by atoms with Gasteiger partial charge < -0.3 is 15.2 Å². The van der Waals surface area contributed by atoms with Crippen molar-refractivity contribution in [3.05, 3.63) is 29.8 Å². The van der Waals surface area contributed by atoms with Gasteiger partial charge in [-0.3, -0.25) is 14.5 Å². The van der Waals surface area contributed by atoms with Crippen LogP contribution in [0.4, 0.5) is 8.78 Å². The molecule has 1 aromatic carbocycles. The lowest BCUT2D eigenvalue weighted by molar-refractivity contribution is -0.142. The monoisotopic (exact) mass is 366 g/mol. The number of nitrogens with zero attached hydrogens (tertiary/aromatic N) is 1. The molecule has 0 aromatic heterocycles. The third kappa shape index (κ3) is 8.07. The number of ether oxygens (including phenoxy) is 1. The number of hydrogen-bond acceptors (Lipinski definition) is 4. The third-order valence-electron chi connectivity index (χ3n) is 3.30. The highest BCUT2D eigenvalue weighted by Gasteiger charge is 2.18. The Bertz CT molecular complexity index is 529. The lowest BCUT2D eigenvalue weighted by Crippen LogP contribution is -2.43. The predicted molar refractivity (Wildman–Crippen MR) is 86.8 cm³/mol. The van der Waals surface area contributed by atoms with E-state index in [1.54, 1.807) is 19.2 Å². The van der Waals surface area contributed by atoms with Gasteiger partial charge in [0.2, 0.25) is 5.91 Å². The minimum absolute atomic E-state index is 0. The molecule has 6 nitrogen and oxygen atoms in total. The van der Waals surface area contributed by atoms with Crippen LogP contribution in [-0.4, -0.2) is 54.7 Å². The topological polar surface area (TPSA) is 78.9 Å². The van der Waals surface area contributed by atoms with E-state index >= 15 is 0 Å². The molecule has 2 N–H and O–H groups in total. The first kappa shape index (κ1) is 22.1. The molecule has 0 aliphatic heterocycles. The number of halogens is 3. The summed E-state index contributed by atoms with van der Waals surface area (Å²) < 4.78 is 28.3. The van der Waals surface area contributed by atoms with Gasteiger partial charge in [-0.15, -0.1) is 12.4 Å². The fourth-order valence-corrected chi connectivity index (χ4v) is 1.79. The summed E-state index contributed by atoms with van der Waals surface area (Å²) in [7, 11) is 1.56. The summed E-state index contributed by atoms with van der Waals surface area (Å²) in [6.07, 6.45) is 0.527. The van der Waals surface area contributed by atoms with Crippen LogP contribution in [0.5, 0.6) is 5.75 Å². The first-order valence-corrected chi connectivity index (χ1v) is 7.03. The van der Waals surface area contributed by atoms with Crippen LogP contribution in [0, 0.1) is 0 Å². The van der Waals surface area contributed by atoms with E-state index in [9.17, 15) is 18.4 Å². The van der Waals surface area contributed by atoms with Gasteiger partial charge in [-0.2, -0.15) is 8.78 Å². The van der Waals surface area contributed by atoms with Crippen LogP contribution >= 0.6 is 12.4 Å². The number of carbonyl (C=O) groups excluding carboxylic acids is 1. The van der Waals surface area contributed by atoms with Crippen molar-refractivity contribution in [1.29, 1.82) is 0 Å². The van der Waals surface area contributed by atoms with E-state index in [1.165, 1.54) is 24.0 Å². The van der Waals surface area contributed by atoms with Crippen LogP contribution in [-0.2, 0) is 16.0 Å². The summed E-state index contributed by atoms with van der Waals surface area (Å²) >= 11 is 0. The second-order valence-corrected chi connectivity index (χ2v) is 5.05. The standard InChI is InChI=1S/C15H20F2N2O4.ClH/c1-10(14(21)22)19(2)9-13(20)18-8-7-11-3-5-12(6-4-11)23-15(16)17;/h3-6,10,15H,7-9H2,1-2H3,(H,18,20)(H,21,22);1H. The highest BCUT2D eigenvalue weighted by atomic mass is 35.5. The fourth-order valence-electron chi connectivity index (χ4n) is 1.79. The number of hydrogen-bond donors (Lipinski definition) is 2. The Kier molecular flexibility index (Phi) is 9.91. The minimum atomic E-state index is -2.86. The molecule has 0 radical (unpaired) electrons. The molecule has 0 aliphatic rings. The molecule has 0 bridgehead atoms. The Labute approximate surface area is 145 Å². The summed E-state index contributed by atoms with van der Waals surface area (Å²) in [5.74, 6) is -1.19. The van der Waals surface area contributed by atoms with Gasteiger partial charge in [0.25, 0.3) is 0 Å². The lowest BCUT2D eigenvalue weighted by Gasteiger charge is -2.20. The number of amides is 1. The van der Waals surface area contributed by atoms with Crippen LogP contribution in [0.2, 0.25) is 0 Å². The molecular formula is C15H21ClF2N2O4. The van der Waals surface area contributed by atoms with Crippen LogP contribution in [0.3, 0.4) is 0 Å². The van der Waals surface area contributed by atoms with Crippen molar-refractivity contribution in [2.45, 2.75) is 26.0 Å². The van der Waals surface area contributed by atoms with Crippen molar-refractivity contribution in [2.75, 3.05) is 20.1 Å². The molecule has 1 rings (SSSR count). The lowest BCUT2D eigenvalue weighted by atomic mass is 10.1. The maximum atomic E-state index is 12.0. The number of nitrogens with one attached hydrogen (secondary N) is 1. The molecule has 24 heavy (non-hydrogen) atoms. The number of aliphatic carboxylic acids is 1. The minimum Gasteiger partial charge on any atom is -0.480 e. The Morgan fingerprint density at radius 1 is 1.29 bits per heavy atom. The van der Waals surface area contributed by atoms with E-state index in [1.807, 2.05) is 0 Å². The number of benzene rings is 1. The van der Waals surface area contributed by atoms with Crippen LogP contribution in [0.15, 0.2) is 24.3 Å². The van der Waals surface area contributed by atoms with E-state index in [-0.39, 0.29) is 30.6 Å². The largest absolute Gasteiger partial charge is 0.480 e. The highest BCUT2D eigenvalue weighted by molar-refractivity contribution is 5.85. The molecule has 9 heteroatoms. The van der Waals surface area contributed by atoms with Crippen molar-refractivity contribution in [2.24, 2.45) is 0 Å². The summed E-state index contributed by atoms with van der Waals surface area (Å²) in [5, 5.41) is 11.5. The zero-order valence-corrected chi connectivity index (χ0v) is 14.2. The van der Waals surface area contributed by atoms with Gasteiger partial charge in [-0.25, -0.2) is 0 Å². The SMILES string of the molecule is CC(C(=O)O)N(C)CC(=O)NCCc1ccc(OC(F)F)cc1.Cl. The number of alkyl halides is 2. The van der Waals surface area contributed by atoms with Gasteiger partial charge >= 0.3 is 12.6 Å². The van der Waals surface area contributed by atoms with Crippen molar-refractivity contribution < 1.29 is 28.2 Å². The average molecular weight is 367 g/mol. The van der Waals surface area contributed by atoms with E-state index in [4.69, 9.17) is 5.11 Å². The Balaban J connectivity index is 0.00000529. The summed E-state index contributed by atoms with van der Waals surface area (Å²) in [6.45, 7) is -1.01. The van der Waals surface area contributed by atoms with E-state index in [0.29, 0.717) is 13.0 Å². The average Bonchev–Trinajstić information content (AvgIpc) is 2.47. The number of carbonyl (C=O) groups is 2. The van der Waals surface area contributed by atoms with Crippen molar-refractivity contribution >= 4 is 24.3 Å². The van der Waals surface area contributed by atoms with E-state index in [2.05, 4.69) is 10.1 Å². The third-order valence-corrected chi connectivity index (χ3v) is 3.30. The van der Waals surface area contributed by atoms with Crippen molar-refractivity contribution in [1.82, 2.24) is 10.2 Å². The molecule has 1 unspecified atom stereocenters. The molecule has 0 saturated heterocycles. The smallest absolute Gasteiger partial charge is 0.387 e. The molecule has 0 fully saturated rings. The van der Waals surface area contributed by atoms with Crippen LogP contribution in [0.1, 0.15) is 12.5 Å². The van der Waals surface area contributed by atoms with Crippen LogP contribution < -0.4 is 10.1 Å². The molecule has 1 atom stereocenters. The zero-order chi connectivity index (χ0) is 17.4. The molecule has 1 amide bonds. The quantitative estimate of drug-likeness (QED) is 0.696. The van der Waals surface area contributed by atoms with Crippen molar-refractivity contribution in [3.8, 4) is 5.75 Å². The number of carboxylic acid groups (broad SMARTS) is 1. The molecular weight excluding hydrogens is 346 g/mol. The van der Waals surface area contributed by atoms with Crippen LogP contribution in [0.25, 0.3) is 0 Å². The van der Waals surface area contributed by atoms with Gasteiger partial charge in [-0.05, 0) is 38.1 Å². The maximum Gasteiger partial charge on any atom is 0.387 e. The second kappa shape index (κ2) is 10.8. The Hall–Kier alpha value is -1.93. The number of carboxylic acids is 1. The summed E-state index contributed by atoms with van der Waals surface area (Å²) in [5.41, 5.74) is 0.860. The van der Waals surface area contributed by atoms with Gasteiger partial charge in [-0.1, -0.05) is 12.1 Å². The van der Waals surface area contributed by atoms with Gasteiger partial charge in [0, 0.05) is 6.54 Å². The normalized spacial score (nSPS) is 11.8. The molecule has 0 saturated carbocycles. The summed E-state index contributed by atoms with van der Waals surface area (Å²) in [4.78, 5) is 23.9. The van der Waals surface area contributed by atoms with Gasteiger partial charge in [0.1, 0.15) is 11.8 Å². The van der Waals surface area contributed by atoms with E-state index in [0.717, 1.165) is 5.56 Å². The first-order valence-electron chi connectivity index (χ1n) is 7.03. The number of rotatable bonds is 9. The predicted octanol–water partition coefficient (Wildman–Crippen LogP) is 1.77. The number of likely N-dealkylation sites (N-methyl/N-ethyl adjacent to an activating group) is 1. The molecule has 0 spiro atoms. The fraction of sp³-hybridized carbons (Fsp3) is 0.467. The maximum absolute atomic E-state index is 12.0. The first-order chi connectivity index (χ1) is 10.8.